The number of hydrogen-bond acceptors (Lipinski definition) is 5. The van der Waals surface area contributed by atoms with Crippen LogP contribution in [0, 0.1) is 0 Å². The SMILES string of the molecule is CC(C)Oc1ccc(C(=O)NC[C@H](c2ccsc2)N2CCOCC2)cc1. The molecule has 3 rings (SSSR count). The Hall–Kier alpha value is -1.89. The van der Waals surface area contributed by atoms with Crippen LogP contribution in [0.25, 0.3) is 0 Å². The van der Waals surface area contributed by atoms with E-state index >= 15 is 0 Å². The molecule has 0 saturated carbocycles. The molecule has 1 saturated heterocycles. The Balaban J connectivity index is 1.62. The van der Waals surface area contributed by atoms with Gasteiger partial charge in [-0.2, -0.15) is 11.3 Å². The summed E-state index contributed by atoms with van der Waals surface area (Å²) in [4.78, 5) is 14.9. The molecule has 2 aromatic rings. The van der Waals surface area contributed by atoms with Crippen LogP contribution in [0.3, 0.4) is 0 Å². The Bertz CT molecular complexity index is 680. The van der Waals surface area contributed by atoms with Gasteiger partial charge in [0.2, 0.25) is 0 Å². The first-order valence-corrected chi connectivity index (χ1v) is 9.96. The van der Waals surface area contributed by atoms with E-state index in [1.165, 1.54) is 5.56 Å². The Morgan fingerprint density at radius 3 is 2.58 bits per heavy atom. The molecule has 26 heavy (non-hydrogen) atoms. The summed E-state index contributed by atoms with van der Waals surface area (Å²) >= 11 is 1.68. The first-order valence-electron chi connectivity index (χ1n) is 9.02. The fourth-order valence-corrected chi connectivity index (χ4v) is 3.77. The van der Waals surface area contributed by atoms with E-state index in [4.69, 9.17) is 9.47 Å². The van der Waals surface area contributed by atoms with Crippen molar-refractivity contribution in [2.75, 3.05) is 32.8 Å². The molecule has 0 radical (unpaired) electrons. The Kier molecular flexibility index (Phi) is 6.66. The summed E-state index contributed by atoms with van der Waals surface area (Å²) in [5.74, 6) is 0.718. The average Bonchev–Trinajstić information content (AvgIpc) is 3.17. The first-order chi connectivity index (χ1) is 12.6. The van der Waals surface area contributed by atoms with Gasteiger partial charge in [0.25, 0.3) is 5.91 Å². The van der Waals surface area contributed by atoms with Crippen molar-refractivity contribution in [3.05, 3.63) is 52.2 Å². The number of amides is 1. The van der Waals surface area contributed by atoms with Gasteiger partial charge in [-0.3, -0.25) is 9.69 Å². The van der Waals surface area contributed by atoms with Crippen molar-refractivity contribution in [2.45, 2.75) is 26.0 Å². The monoisotopic (exact) mass is 374 g/mol. The van der Waals surface area contributed by atoms with Crippen molar-refractivity contribution < 1.29 is 14.3 Å². The molecule has 1 atom stereocenters. The lowest BCUT2D eigenvalue weighted by Crippen LogP contribution is -2.43. The lowest BCUT2D eigenvalue weighted by Gasteiger charge is -2.34. The average molecular weight is 375 g/mol. The van der Waals surface area contributed by atoms with Crippen molar-refractivity contribution >= 4 is 17.2 Å². The van der Waals surface area contributed by atoms with Gasteiger partial charge in [0.15, 0.2) is 0 Å². The van der Waals surface area contributed by atoms with Crippen LogP contribution in [-0.2, 0) is 4.74 Å². The van der Waals surface area contributed by atoms with Gasteiger partial charge >= 0.3 is 0 Å². The highest BCUT2D eigenvalue weighted by Gasteiger charge is 2.23. The van der Waals surface area contributed by atoms with Crippen molar-refractivity contribution in [3.8, 4) is 5.75 Å². The number of nitrogens with one attached hydrogen (secondary N) is 1. The number of hydrogen-bond donors (Lipinski definition) is 1. The summed E-state index contributed by atoms with van der Waals surface area (Å²) in [5, 5.41) is 7.33. The van der Waals surface area contributed by atoms with E-state index < -0.39 is 0 Å². The van der Waals surface area contributed by atoms with E-state index in [1.807, 2.05) is 26.0 Å². The van der Waals surface area contributed by atoms with Crippen molar-refractivity contribution in [1.29, 1.82) is 0 Å². The molecule has 0 unspecified atom stereocenters. The van der Waals surface area contributed by atoms with Gasteiger partial charge < -0.3 is 14.8 Å². The third-order valence-corrected chi connectivity index (χ3v) is 5.06. The van der Waals surface area contributed by atoms with Crippen LogP contribution >= 0.6 is 11.3 Å². The van der Waals surface area contributed by atoms with E-state index in [0.717, 1.165) is 32.1 Å². The standard InChI is InChI=1S/C20H26N2O3S/c1-15(2)25-18-5-3-16(4-6-18)20(23)21-13-19(17-7-12-26-14-17)22-8-10-24-11-9-22/h3-7,12,14-15,19H,8-11,13H2,1-2H3,(H,21,23)/t19-/m1/s1. The summed E-state index contributed by atoms with van der Waals surface area (Å²) in [6.45, 7) is 7.81. The van der Waals surface area contributed by atoms with E-state index in [9.17, 15) is 4.79 Å². The molecule has 1 fully saturated rings. The predicted octanol–water partition coefficient (Wildman–Crippen LogP) is 3.34. The van der Waals surface area contributed by atoms with E-state index in [1.54, 1.807) is 23.5 Å². The summed E-state index contributed by atoms with van der Waals surface area (Å²) in [5.41, 5.74) is 1.89. The first kappa shape index (κ1) is 18.9. The number of morpholine rings is 1. The van der Waals surface area contributed by atoms with Crippen molar-refractivity contribution in [3.63, 3.8) is 0 Å². The van der Waals surface area contributed by atoms with E-state index in [0.29, 0.717) is 12.1 Å². The third-order valence-electron chi connectivity index (χ3n) is 4.36. The van der Waals surface area contributed by atoms with Crippen LogP contribution in [0.2, 0.25) is 0 Å². The van der Waals surface area contributed by atoms with Gasteiger partial charge in [0.05, 0.1) is 25.4 Å². The maximum Gasteiger partial charge on any atom is 0.251 e. The Morgan fingerprint density at radius 1 is 1.23 bits per heavy atom. The minimum Gasteiger partial charge on any atom is -0.491 e. The molecule has 0 bridgehead atoms. The lowest BCUT2D eigenvalue weighted by atomic mass is 10.1. The molecule has 0 spiro atoms. The number of rotatable bonds is 7. The number of carbonyl (C=O) groups is 1. The van der Waals surface area contributed by atoms with Gasteiger partial charge in [0.1, 0.15) is 5.75 Å². The zero-order chi connectivity index (χ0) is 18.4. The van der Waals surface area contributed by atoms with Crippen LogP contribution in [0.5, 0.6) is 5.75 Å². The highest BCUT2D eigenvalue weighted by Crippen LogP contribution is 2.23. The van der Waals surface area contributed by atoms with Crippen molar-refractivity contribution in [1.82, 2.24) is 10.2 Å². The summed E-state index contributed by atoms with van der Waals surface area (Å²) in [7, 11) is 0. The summed E-state index contributed by atoms with van der Waals surface area (Å²) < 4.78 is 11.1. The van der Waals surface area contributed by atoms with Gasteiger partial charge in [-0.05, 0) is 60.5 Å². The summed E-state index contributed by atoms with van der Waals surface area (Å²) in [6, 6.07) is 9.61. The molecule has 1 N–H and O–H groups in total. The molecule has 1 aliphatic heterocycles. The molecule has 1 aromatic carbocycles. The lowest BCUT2D eigenvalue weighted by molar-refractivity contribution is 0.0163. The van der Waals surface area contributed by atoms with Gasteiger partial charge in [-0.25, -0.2) is 0 Å². The molecule has 5 nitrogen and oxygen atoms in total. The van der Waals surface area contributed by atoms with Gasteiger partial charge in [0, 0.05) is 25.2 Å². The molecule has 0 aliphatic carbocycles. The number of carbonyl (C=O) groups excluding carboxylic acids is 1. The fraction of sp³-hybridized carbons (Fsp3) is 0.450. The molecular weight excluding hydrogens is 348 g/mol. The van der Waals surface area contributed by atoms with Crippen LogP contribution in [0.1, 0.15) is 35.8 Å². The summed E-state index contributed by atoms with van der Waals surface area (Å²) in [6.07, 6.45) is 0.120. The second kappa shape index (κ2) is 9.16. The third kappa shape index (κ3) is 5.06. The number of benzene rings is 1. The normalized spacial score (nSPS) is 16.4. The molecule has 140 valence electrons. The minimum absolute atomic E-state index is 0.0606. The van der Waals surface area contributed by atoms with Crippen LogP contribution in [0.4, 0.5) is 0 Å². The number of nitrogens with zero attached hydrogens (tertiary/aromatic N) is 1. The highest BCUT2D eigenvalue weighted by molar-refractivity contribution is 7.07. The zero-order valence-corrected chi connectivity index (χ0v) is 16.1. The zero-order valence-electron chi connectivity index (χ0n) is 15.3. The maximum atomic E-state index is 12.5. The molecule has 6 heteroatoms. The topological polar surface area (TPSA) is 50.8 Å². The Morgan fingerprint density at radius 2 is 1.96 bits per heavy atom. The van der Waals surface area contributed by atoms with Crippen LogP contribution in [0.15, 0.2) is 41.1 Å². The van der Waals surface area contributed by atoms with Gasteiger partial charge in [-0.1, -0.05) is 0 Å². The second-order valence-corrected chi connectivity index (χ2v) is 7.40. The quantitative estimate of drug-likeness (QED) is 0.808. The Labute approximate surface area is 158 Å². The smallest absolute Gasteiger partial charge is 0.251 e. The molecule has 1 aromatic heterocycles. The fourth-order valence-electron chi connectivity index (χ4n) is 3.06. The second-order valence-electron chi connectivity index (χ2n) is 6.62. The molecule has 1 aliphatic rings. The van der Waals surface area contributed by atoms with Crippen LogP contribution in [-0.4, -0.2) is 49.8 Å². The number of ether oxygens (including phenoxy) is 2. The molecule has 2 heterocycles. The van der Waals surface area contributed by atoms with Crippen molar-refractivity contribution in [2.24, 2.45) is 0 Å². The largest absolute Gasteiger partial charge is 0.491 e. The predicted molar refractivity (Wildman–Crippen MR) is 104 cm³/mol. The van der Waals surface area contributed by atoms with Crippen LogP contribution < -0.4 is 10.1 Å². The maximum absolute atomic E-state index is 12.5. The minimum atomic E-state index is -0.0606. The van der Waals surface area contributed by atoms with E-state index in [2.05, 4.69) is 27.0 Å². The van der Waals surface area contributed by atoms with E-state index in [-0.39, 0.29) is 18.1 Å². The highest BCUT2D eigenvalue weighted by atomic mass is 32.1. The van der Waals surface area contributed by atoms with Gasteiger partial charge in [-0.15, -0.1) is 0 Å². The molecular formula is C20H26N2O3S. The number of thiophene rings is 1. The molecule has 1 amide bonds.